The molecule has 5 rings (SSSR count). The van der Waals surface area contributed by atoms with Gasteiger partial charge in [-0.15, -0.1) is 0 Å². The fourth-order valence-corrected chi connectivity index (χ4v) is 4.38. The zero-order chi connectivity index (χ0) is 27.6. The highest BCUT2D eigenvalue weighted by Gasteiger charge is 2.34. The highest BCUT2D eigenvalue weighted by Crippen LogP contribution is 2.33. The molecule has 200 valence electrons. The normalized spacial score (nSPS) is 15.3. The van der Waals surface area contributed by atoms with Crippen LogP contribution in [-0.2, 0) is 12.7 Å². The van der Waals surface area contributed by atoms with E-state index in [9.17, 15) is 18.0 Å². The summed E-state index contributed by atoms with van der Waals surface area (Å²) in [6, 6.07) is 16.4. The Labute approximate surface area is 227 Å². The second-order valence-corrected chi connectivity index (χ2v) is 9.27. The highest BCUT2D eigenvalue weighted by molar-refractivity contribution is 6.30. The van der Waals surface area contributed by atoms with Crippen molar-refractivity contribution in [3.05, 3.63) is 101 Å². The number of rotatable bonds is 7. The molecule has 3 aromatic carbocycles. The Morgan fingerprint density at radius 1 is 1.05 bits per heavy atom. The molecule has 1 fully saturated rings. The maximum absolute atomic E-state index is 13.1. The third-order valence-electron chi connectivity index (χ3n) is 6.18. The molecular formula is C28H22ClF3N4O3. The van der Waals surface area contributed by atoms with Gasteiger partial charge in [0.05, 0.1) is 36.8 Å². The van der Waals surface area contributed by atoms with Gasteiger partial charge in [0.25, 0.3) is 0 Å². The van der Waals surface area contributed by atoms with Crippen LogP contribution in [0.5, 0.6) is 17.4 Å². The Hall–Kier alpha value is -4.31. The second kappa shape index (κ2) is 10.8. The zero-order valence-corrected chi connectivity index (χ0v) is 21.3. The first-order chi connectivity index (χ1) is 18.7. The topological polar surface area (TPSA) is 76.6 Å². The number of methoxy groups -OCH3 is 1. The SMILES string of the molecule is COc1ccc(CN2CC(c3cccc(C(F)(F)F)c3)NC2=O)cc1-c1cnc(Oc2ccc(Cl)cc2)cn1. The Morgan fingerprint density at radius 2 is 1.85 bits per heavy atom. The lowest BCUT2D eigenvalue weighted by Crippen LogP contribution is -2.27. The third kappa shape index (κ3) is 6.06. The zero-order valence-electron chi connectivity index (χ0n) is 20.6. The van der Waals surface area contributed by atoms with E-state index in [1.807, 2.05) is 12.1 Å². The Kier molecular flexibility index (Phi) is 7.30. The van der Waals surface area contributed by atoms with Gasteiger partial charge in [0.2, 0.25) is 5.88 Å². The number of hydrogen-bond donors (Lipinski definition) is 1. The number of benzene rings is 3. The molecule has 0 aliphatic carbocycles. The highest BCUT2D eigenvalue weighted by atomic mass is 35.5. The van der Waals surface area contributed by atoms with Crippen molar-refractivity contribution in [3.8, 4) is 28.6 Å². The van der Waals surface area contributed by atoms with E-state index in [1.54, 1.807) is 47.5 Å². The molecule has 1 aliphatic heterocycles. The van der Waals surface area contributed by atoms with Crippen molar-refractivity contribution in [2.24, 2.45) is 0 Å². The molecule has 2 heterocycles. The molecule has 1 N–H and O–H groups in total. The number of amides is 2. The molecule has 39 heavy (non-hydrogen) atoms. The molecule has 7 nitrogen and oxygen atoms in total. The summed E-state index contributed by atoms with van der Waals surface area (Å²) < 4.78 is 50.6. The maximum atomic E-state index is 13.1. The first-order valence-corrected chi connectivity index (χ1v) is 12.2. The van der Waals surface area contributed by atoms with Crippen LogP contribution in [0.25, 0.3) is 11.3 Å². The number of nitrogens with zero attached hydrogens (tertiary/aromatic N) is 3. The van der Waals surface area contributed by atoms with Crippen molar-refractivity contribution in [1.29, 1.82) is 0 Å². The first-order valence-electron chi connectivity index (χ1n) is 11.8. The monoisotopic (exact) mass is 554 g/mol. The van der Waals surface area contributed by atoms with E-state index in [4.69, 9.17) is 21.1 Å². The molecule has 2 amide bonds. The van der Waals surface area contributed by atoms with E-state index in [-0.39, 0.29) is 19.1 Å². The van der Waals surface area contributed by atoms with Gasteiger partial charge in [-0.2, -0.15) is 13.2 Å². The summed E-state index contributed by atoms with van der Waals surface area (Å²) in [7, 11) is 1.54. The van der Waals surface area contributed by atoms with Gasteiger partial charge in [-0.1, -0.05) is 29.8 Å². The lowest BCUT2D eigenvalue weighted by atomic mass is 10.0. The van der Waals surface area contributed by atoms with Gasteiger partial charge in [0.15, 0.2) is 0 Å². The average Bonchev–Trinajstić information content (AvgIpc) is 3.30. The first kappa shape index (κ1) is 26.3. The van der Waals surface area contributed by atoms with E-state index in [1.165, 1.54) is 19.4 Å². The van der Waals surface area contributed by atoms with E-state index < -0.39 is 17.8 Å². The Morgan fingerprint density at radius 3 is 2.54 bits per heavy atom. The van der Waals surface area contributed by atoms with Gasteiger partial charge in [-0.05, 0) is 59.7 Å². The van der Waals surface area contributed by atoms with E-state index in [0.29, 0.717) is 39.2 Å². The van der Waals surface area contributed by atoms with Crippen LogP contribution in [0, 0.1) is 0 Å². The summed E-state index contributed by atoms with van der Waals surface area (Å²) in [5.74, 6) is 1.42. The minimum atomic E-state index is -4.46. The number of alkyl halides is 3. The number of ether oxygens (including phenoxy) is 2. The summed E-state index contributed by atoms with van der Waals surface area (Å²) >= 11 is 5.90. The van der Waals surface area contributed by atoms with Gasteiger partial charge in [-0.3, -0.25) is 0 Å². The predicted molar refractivity (Wildman–Crippen MR) is 139 cm³/mol. The molecule has 1 unspecified atom stereocenters. The number of carbonyl (C=O) groups excluding carboxylic acids is 1. The third-order valence-corrected chi connectivity index (χ3v) is 6.43. The van der Waals surface area contributed by atoms with Gasteiger partial charge in [-0.25, -0.2) is 14.8 Å². The minimum Gasteiger partial charge on any atom is -0.496 e. The Balaban J connectivity index is 1.31. The lowest BCUT2D eigenvalue weighted by molar-refractivity contribution is -0.137. The molecular weight excluding hydrogens is 533 g/mol. The van der Waals surface area contributed by atoms with Crippen LogP contribution in [0.15, 0.2) is 79.1 Å². The van der Waals surface area contributed by atoms with Crippen LogP contribution < -0.4 is 14.8 Å². The average molecular weight is 555 g/mol. The molecule has 0 spiro atoms. The summed E-state index contributed by atoms with van der Waals surface area (Å²) in [6.45, 7) is 0.460. The summed E-state index contributed by atoms with van der Waals surface area (Å²) in [6.07, 6.45) is -1.41. The van der Waals surface area contributed by atoms with Crippen molar-refractivity contribution in [3.63, 3.8) is 0 Å². The van der Waals surface area contributed by atoms with Crippen molar-refractivity contribution < 1.29 is 27.4 Å². The fourth-order valence-electron chi connectivity index (χ4n) is 4.25. The molecule has 4 aromatic rings. The standard InChI is InChI=1S/C28H22ClF3N4O3/c1-38-25-10-5-17(11-22(25)23-13-34-26(14-33-23)39-21-8-6-20(29)7-9-21)15-36-16-24(35-27(36)37)18-3-2-4-19(12-18)28(30,31)32/h2-14,24H,15-16H2,1H3,(H,35,37). The van der Waals surface area contributed by atoms with Crippen LogP contribution >= 0.6 is 11.6 Å². The molecule has 1 aromatic heterocycles. The smallest absolute Gasteiger partial charge is 0.416 e. The predicted octanol–water partition coefficient (Wildman–Crippen LogP) is 6.88. The number of halogens is 4. The van der Waals surface area contributed by atoms with E-state index >= 15 is 0 Å². The fraction of sp³-hybridized carbons (Fsp3) is 0.179. The molecule has 0 bridgehead atoms. The molecule has 1 atom stereocenters. The quantitative estimate of drug-likeness (QED) is 0.269. The lowest BCUT2D eigenvalue weighted by Gasteiger charge is -2.17. The van der Waals surface area contributed by atoms with Crippen molar-refractivity contribution in [2.45, 2.75) is 18.8 Å². The second-order valence-electron chi connectivity index (χ2n) is 8.84. The van der Waals surface area contributed by atoms with Gasteiger partial charge < -0.3 is 19.7 Å². The summed E-state index contributed by atoms with van der Waals surface area (Å²) in [5, 5.41) is 3.36. The van der Waals surface area contributed by atoms with E-state index in [0.717, 1.165) is 17.7 Å². The van der Waals surface area contributed by atoms with Crippen molar-refractivity contribution in [2.75, 3.05) is 13.7 Å². The van der Waals surface area contributed by atoms with Crippen molar-refractivity contribution in [1.82, 2.24) is 20.2 Å². The number of nitrogens with one attached hydrogen (secondary N) is 1. The van der Waals surface area contributed by atoms with Crippen molar-refractivity contribution >= 4 is 17.6 Å². The number of carbonyl (C=O) groups is 1. The van der Waals surface area contributed by atoms with Gasteiger partial charge >= 0.3 is 12.2 Å². The van der Waals surface area contributed by atoms with Crippen LogP contribution in [0.3, 0.4) is 0 Å². The summed E-state index contributed by atoms with van der Waals surface area (Å²) in [5.41, 5.74) is 1.62. The van der Waals surface area contributed by atoms with Crippen LogP contribution in [0.2, 0.25) is 5.02 Å². The van der Waals surface area contributed by atoms with E-state index in [2.05, 4.69) is 15.3 Å². The molecule has 11 heteroatoms. The number of urea groups is 1. The number of hydrogen-bond acceptors (Lipinski definition) is 5. The number of aromatic nitrogens is 2. The molecule has 1 saturated heterocycles. The largest absolute Gasteiger partial charge is 0.496 e. The molecule has 0 saturated carbocycles. The van der Waals surface area contributed by atoms with Crippen LogP contribution in [0.1, 0.15) is 22.7 Å². The van der Waals surface area contributed by atoms with Crippen LogP contribution in [0.4, 0.5) is 18.0 Å². The minimum absolute atomic E-state index is 0.220. The van der Waals surface area contributed by atoms with Gasteiger partial charge in [0, 0.05) is 23.7 Å². The molecule has 1 aliphatic rings. The maximum Gasteiger partial charge on any atom is 0.416 e. The van der Waals surface area contributed by atoms with Crippen LogP contribution in [-0.4, -0.2) is 34.6 Å². The summed E-state index contributed by atoms with van der Waals surface area (Å²) in [4.78, 5) is 23.0. The Bertz CT molecular complexity index is 1480. The van der Waals surface area contributed by atoms with Gasteiger partial charge in [0.1, 0.15) is 11.5 Å². The molecule has 0 radical (unpaired) electrons.